The highest BCUT2D eigenvalue weighted by Gasteiger charge is 2.23. The van der Waals surface area contributed by atoms with Crippen molar-refractivity contribution in [2.24, 2.45) is 5.92 Å². The molecule has 2 aromatic rings. The zero-order valence-electron chi connectivity index (χ0n) is 13.8. The zero-order valence-corrected chi connectivity index (χ0v) is 16.2. The van der Waals surface area contributed by atoms with Crippen molar-refractivity contribution >= 4 is 39.2 Å². The summed E-state index contributed by atoms with van der Waals surface area (Å²) >= 11 is 9.37. The average molecular weight is 423 g/mol. The molecule has 0 spiro atoms. The van der Waals surface area contributed by atoms with E-state index in [4.69, 9.17) is 11.6 Å². The number of halogens is 2. The Kier molecular flexibility index (Phi) is 6.21. The maximum atomic E-state index is 12.0. The van der Waals surface area contributed by atoms with E-state index in [0.717, 1.165) is 29.5 Å². The van der Waals surface area contributed by atoms with Crippen LogP contribution in [0.3, 0.4) is 0 Å². The van der Waals surface area contributed by atoms with Gasteiger partial charge in [0, 0.05) is 41.4 Å². The Bertz CT molecular complexity index is 723. The summed E-state index contributed by atoms with van der Waals surface area (Å²) in [5, 5.41) is 6.56. The Morgan fingerprint density at radius 3 is 2.76 bits per heavy atom. The van der Waals surface area contributed by atoms with Gasteiger partial charge in [-0.2, -0.15) is 0 Å². The molecule has 0 bridgehead atoms. The van der Waals surface area contributed by atoms with Crippen LogP contribution in [-0.4, -0.2) is 25.7 Å². The third-order valence-corrected chi connectivity index (χ3v) is 5.12. The molecule has 2 aromatic carbocycles. The van der Waals surface area contributed by atoms with Crippen molar-refractivity contribution in [3.8, 4) is 0 Å². The number of urea groups is 1. The van der Waals surface area contributed by atoms with Gasteiger partial charge in [0.15, 0.2) is 0 Å². The molecule has 25 heavy (non-hydrogen) atoms. The van der Waals surface area contributed by atoms with Gasteiger partial charge in [-0.1, -0.05) is 45.7 Å². The summed E-state index contributed by atoms with van der Waals surface area (Å²) in [5.41, 5.74) is 2.25. The van der Waals surface area contributed by atoms with Crippen molar-refractivity contribution in [2.75, 3.05) is 24.5 Å². The number of benzene rings is 2. The summed E-state index contributed by atoms with van der Waals surface area (Å²) < 4.78 is 1.09. The summed E-state index contributed by atoms with van der Waals surface area (Å²) in [4.78, 5) is 14.3. The van der Waals surface area contributed by atoms with E-state index in [9.17, 15) is 4.79 Å². The lowest BCUT2D eigenvalue weighted by Gasteiger charge is -2.19. The van der Waals surface area contributed by atoms with Crippen molar-refractivity contribution in [1.82, 2.24) is 10.6 Å². The molecular formula is C19H21BrClN3O. The first kappa shape index (κ1) is 18.1. The number of hydrogen-bond acceptors (Lipinski definition) is 2. The van der Waals surface area contributed by atoms with Crippen molar-refractivity contribution < 1.29 is 4.79 Å². The number of carbonyl (C=O) groups excluding carboxylic acids is 1. The summed E-state index contributed by atoms with van der Waals surface area (Å²) in [5.74, 6) is 0.472. The minimum absolute atomic E-state index is 0.129. The SMILES string of the molecule is O=C(NCc1ccc(Cl)cc1)NCC1CCN(c2cccc(Br)c2)C1. The quantitative estimate of drug-likeness (QED) is 0.749. The lowest BCUT2D eigenvalue weighted by Crippen LogP contribution is -2.38. The molecule has 1 unspecified atom stereocenters. The first-order valence-electron chi connectivity index (χ1n) is 8.37. The van der Waals surface area contributed by atoms with Gasteiger partial charge in [-0.15, -0.1) is 0 Å². The van der Waals surface area contributed by atoms with Crippen LogP contribution in [0.5, 0.6) is 0 Å². The lowest BCUT2D eigenvalue weighted by atomic mass is 10.1. The molecule has 0 aromatic heterocycles. The van der Waals surface area contributed by atoms with Gasteiger partial charge in [0.1, 0.15) is 0 Å². The van der Waals surface area contributed by atoms with E-state index in [0.29, 0.717) is 24.0 Å². The molecule has 1 fully saturated rings. The Morgan fingerprint density at radius 2 is 2.00 bits per heavy atom. The fourth-order valence-electron chi connectivity index (χ4n) is 2.99. The van der Waals surface area contributed by atoms with Crippen molar-refractivity contribution in [1.29, 1.82) is 0 Å². The van der Waals surface area contributed by atoms with E-state index < -0.39 is 0 Å². The molecule has 0 radical (unpaired) electrons. The van der Waals surface area contributed by atoms with Crippen LogP contribution in [0.2, 0.25) is 5.02 Å². The van der Waals surface area contributed by atoms with Gasteiger partial charge in [0.05, 0.1) is 0 Å². The van der Waals surface area contributed by atoms with E-state index in [-0.39, 0.29) is 6.03 Å². The highest BCUT2D eigenvalue weighted by Crippen LogP contribution is 2.25. The monoisotopic (exact) mass is 421 g/mol. The first-order valence-corrected chi connectivity index (χ1v) is 9.54. The molecular weight excluding hydrogens is 402 g/mol. The van der Waals surface area contributed by atoms with Crippen LogP contribution in [0.1, 0.15) is 12.0 Å². The molecule has 2 amide bonds. The molecule has 1 aliphatic rings. The van der Waals surface area contributed by atoms with E-state index in [1.165, 1.54) is 5.69 Å². The van der Waals surface area contributed by atoms with E-state index in [1.807, 2.05) is 30.3 Å². The maximum Gasteiger partial charge on any atom is 0.315 e. The molecule has 1 saturated heterocycles. The Balaban J connectivity index is 1.40. The average Bonchev–Trinajstić information content (AvgIpc) is 3.08. The number of hydrogen-bond donors (Lipinski definition) is 2. The topological polar surface area (TPSA) is 44.4 Å². The van der Waals surface area contributed by atoms with Crippen LogP contribution in [-0.2, 0) is 6.54 Å². The summed E-state index contributed by atoms with van der Waals surface area (Å²) in [7, 11) is 0. The summed E-state index contributed by atoms with van der Waals surface area (Å²) in [6.45, 7) is 3.18. The van der Waals surface area contributed by atoms with Crippen LogP contribution in [0, 0.1) is 5.92 Å². The molecule has 132 valence electrons. The largest absolute Gasteiger partial charge is 0.371 e. The molecule has 3 rings (SSSR count). The van der Waals surface area contributed by atoms with Gasteiger partial charge in [-0.25, -0.2) is 4.79 Å². The zero-order chi connectivity index (χ0) is 17.6. The van der Waals surface area contributed by atoms with Crippen LogP contribution in [0.25, 0.3) is 0 Å². The minimum Gasteiger partial charge on any atom is -0.371 e. The second-order valence-corrected chi connectivity index (χ2v) is 7.62. The third-order valence-electron chi connectivity index (χ3n) is 4.38. The summed E-state index contributed by atoms with van der Waals surface area (Å²) in [6.07, 6.45) is 1.09. The van der Waals surface area contributed by atoms with Crippen molar-refractivity contribution in [2.45, 2.75) is 13.0 Å². The van der Waals surface area contributed by atoms with Crippen LogP contribution < -0.4 is 15.5 Å². The minimum atomic E-state index is -0.129. The molecule has 6 heteroatoms. The number of anilines is 1. The van der Waals surface area contributed by atoms with Crippen molar-refractivity contribution in [3.05, 3.63) is 63.6 Å². The second kappa shape index (κ2) is 8.59. The van der Waals surface area contributed by atoms with Gasteiger partial charge >= 0.3 is 6.03 Å². The molecule has 0 saturated carbocycles. The maximum absolute atomic E-state index is 12.0. The molecule has 2 N–H and O–H groups in total. The number of nitrogens with zero attached hydrogens (tertiary/aromatic N) is 1. The summed E-state index contributed by atoms with van der Waals surface area (Å²) in [6, 6.07) is 15.7. The third kappa shape index (κ3) is 5.38. The highest BCUT2D eigenvalue weighted by atomic mass is 79.9. The Hall–Kier alpha value is -1.72. The van der Waals surface area contributed by atoms with Gasteiger partial charge in [-0.05, 0) is 48.2 Å². The normalized spacial score (nSPS) is 16.7. The number of carbonyl (C=O) groups is 1. The van der Waals surface area contributed by atoms with E-state index in [1.54, 1.807) is 0 Å². The van der Waals surface area contributed by atoms with Gasteiger partial charge in [0.25, 0.3) is 0 Å². The van der Waals surface area contributed by atoms with E-state index >= 15 is 0 Å². The molecule has 1 atom stereocenters. The standard InChI is InChI=1S/C19H21BrClN3O/c20-16-2-1-3-18(10-16)24-9-8-15(13-24)12-23-19(25)22-11-14-4-6-17(21)7-5-14/h1-7,10,15H,8-9,11-13H2,(H2,22,23,25). The molecule has 4 nitrogen and oxygen atoms in total. The first-order chi connectivity index (χ1) is 12.1. The van der Waals surface area contributed by atoms with Crippen LogP contribution in [0.4, 0.5) is 10.5 Å². The fraction of sp³-hybridized carbons (Fsp3) is 0.316. The molecule has 1 heterocycles. The second-order valence-electron chi connectivity index (χ2n) is 6.27. The van der Waals surface area contributed by atoms with Gasteiger partial charge in [0.2, 0.25) is 0 Å². The number of amides is 2. The highest BCUT2D eigenvalue weighted by molar-refractivity contribution is 9.10. The van der Waals surface area contributed by atoms with Crippen LogP contribution >= 0.6 is 27.5 Å². The Labute approximate surface area is 161 Å². The van der Waals surface area contributed by atoms with E-state index in [2.05, 4.69) is 49.7 Å². The Morgan fingerprint density at radius 1 is 1.20 bits per heavy atom. The van der Waals surface area contributed by atoms with Crippen LogP contribution in [0.15, 0.2) is 53.0 Å². The molecule has 0 aliphatic carbocycles. The van der Waals surface area contributed by atoms with Gasteiger partial charge < -0.3 is 15.5 Å². The lowest BCUT2D eigenvalue weighted by molar-refractivity contribution is 0.239. The predicted octanol–water partition coefficient (Wildman–Crippen LogP) is 4.43. The van der Waals surface area contributed by atoms with Crippen molar-refractivity contribution in [3.63, 3.8) is 0 Å². The molecule has 1 aliphatic heterocycles. The smallest absolute Gasteiger partial charge is 0.315 e. The van der Waals surface area contributed by atoms with Gasteiger partial charge in [-0.3, -0.25) is 0 Å². The predicted molar refractivity (Wildman–Crippen MR) is 106 cm³/mol. The number of rotatable bonds is 5. The number of nitrogens with one attached hydrogen (secondary N) is 2. The fourth-order valence-corrected chi connectivity index (χ4v) is 3.50.